The van der Waals surface area contributed by atoms with E-state index in [0.29, 0.717) is 48.8 Å². The molecule has 204 valence electrons. The molecule has 3 aromatic heterocycles. The smallest absolute Gasteiger partial charge is 0.227 e. The summed E-state index contributed by atoms with van der Waals surface area (Å²) in [7, 11) is -3.33. The van der Waals surface area contributed by atoms with Crippen molar-refractivity contribution >= 4 is 44.3 Å². The van der Waals surface area contributed by atoms with Gasteiger partial charge in [0.25, 0.3) is 0 Å². The van der Waals surface area contributed by atoms with Crippen LogP contribution >= 0.6 is 11.6 Å². The molecular formula is C27H29ClN6O4S. The fourth-order valence-electron chi connectivity index (χ4n) is 5.89. The number of benzene rings is 1. The van der Waals surface area contributed by atoms with Crippen LogP contribution in [0.5, 0.6) is 0 Å². The summed E-state index contributed by atoms with van der Waals surface area (Å²) in [6.45, 7) is 6.39. The van der Waals surface area contributed by atoms with Crippen LogP contribution in [-0.4, -0.2) is 57.7 Å². The Morgan fingerprint density at radius 2 is 1.90 bits per heavy atom. The first-order chi connectivity index (χ1) is 18.5. The summed E-state index contributed by atoms with van der Waals surface area (Å²) in [5, 5.41) is 4.58. The van der Waals surface area contributed by atoms with Crippen molar-refractivity contribution in [2.24, 2.45) is 0 Å². The van der Waals surface area contributed by atoms with Gasteiger partial charge in [-0.05, 0) is 57.4 Å². The van der Waals surface area contributed by atoms with E-state index in [1.165, 1.54) is 10.6 Å². The quantitative estimate of drug-likeness (QED) is 0.341. The van der Waals surface area contributed by atoms with Gasteiger partial charge in [0.15, 0.2) is 0 Å². The van der Waals surface area contributed by atoms with E-state index in [-0.39, 0.29) is 18.0 Å². The van der Waals surface area contributed by atoms with Crippen LogP contribution in [-0.2, 0) is 14.8 Å². The first-order valence-electron chi connectivity index (χ1n) is 12.9. The Labute approximate surface area is 231 Å². The minimum absolute atomic E-state index is 0.0269. The molecular weight excluding hydrogens is 540 g/mol. The number of fused-ring (bicyclic) bond motifs is 1. The predicted molar refractivity (Wildman–Crippen MR) is 148 cm³/mol. The zero-order valence-corrected chi connectivity index (χ0v) is 23.8. The number of sulfonamides is 1. The van der Waals surface area contributed by atoms with Crippen LogP contribution in [0.4, 0.5) is 5.69 Å². The average Bonchev–Trinajstić information content (AvgIpc) is 3.65. The maximum atomic E-state index is 13.2. The summed E-state index contributed by atoms with van der Waals surface area (Å²) in [5.74, 6) is 1.42. The molecule has 0 spiro atoms. The fourth-order valence-corrected chi connectivity index (χ4v) is 6.93. The van der Waals surface area contributed by atoms with Crippen molar-refractivity contribution in [3.8, 4) is 11.1 Å². The Morgan fingerprint density at radius 3 is 2.56 bits per heavy atom. The summed E-state index contributed by atoms with van der Waals surface area (Å²) in [5.41, 5.74) is 5.62. The number of pyridine rings is 1. The van der Waals surface area contributed by atoms with Crippen molar-refractivity contribution in [3.05, 3.63) is 58.5 Å². The number of rotatable bonds is 5. The first kappa shape index (κ1) is 26.0. The normalized spacial score (nSPS) is 20.5. The Kier molecular flexibility index (Phi) is 6.28. The third-order valence-electron chi connectivity index (χ3n) is 7.80. The Morgan fingerprint density at radius 1 is 1.10 bits per heavy atom. The molecule has 10 nitrogen and oxygen atoms in total. The molecule has 0 aliphatic carbocycles. The molecule has 2 saturated heterocycles. The molecule has 0 saturated carbocycles. The number of nitrogens with zero attached hydrogens (tertiary/aromatic N) is 6. The second-order valence-corrected chi connectivity index (χ2v) is 12.8. The van der Waals surface area contributed by atoms with E-state index in [4.69, 9.17) is 21.1 Å². The molecule has 2 aliphatic heterocycles. The number of carbonyl (C=O) groups is 1. The molecule has 5 heterocycles. The summed E-state index contributed by atoms with van der Waals surface area (Å²) in [6, 6.07) is 7.34. The monoisotopic (exact) mass is 568 g/mol. The molecule has 4 aromatic rings. The fraction of sp³-hybridized carbons (Fsp3) is 0.407. The van der Waals surface area contributed by atoms with Gasteiger partial charge < -0.3 is 14.0 Å². The number of hydrogen-bond acceptors (Lipinski definition) is 7. The van der Waals surface area contributed by atoms with Crippen LogP contribution in [0.15, 0.2) is 35.0 Å². The van der Waals surface area contributed by atoms with E-state index >= 15 is 0 Å². The Bertz CT molecular complexity index is 1710. The van der Waals surface area contributed by atoms with Crippen LogP contribution in [0.1, 0.15) is 54.3 Å². The third-order valence-corrected chi connectivity index (χ3v) is 9.45. The van der Waals surface area contributed by atoms with Gasteiger partial charge >= 0.3 is 0 Å². The summed E-state index contributed by atoms with van der Waals surface area (Å²) in [4.78, 5) is 24.4. The van der Waals surface area contributed by atoms with Gasteiger partial charge in [-0.2, -0.15) is 0 Å². The van der Waals surface area contributed by atoms with Crippen LogP contribution < -0.4 is 4.90 Å². The highest BCUT2D eigenvalue weighted by molar-refractivity contribution is 7.88. The predicted octanol–water partition coefficient (Wildman–Crippen LogP) is 4.74. The topological polar surface area (TPSA) is 114 Å². The lowest BCUT2D eigenvalue weighted by Crippen LogP contribution is -2.31. The zero-order valence-electron chi connectivity index (χ0n) is 22.2. The number of imidazole rings is 1. The molecule has 0 N–H and O–H groups in total. The molecule has 6 rings (SSSR count). The van der Waals surface area contributed by atoms with Crippen molar-refractivity contribution in [2.45, 2.75) is 52.1 Å². The van der Waals surface area contributed by atoms with Crippen LogP contribution in [0.3, 0.4) is 0 Å². The largest absolute Gasteiger partial charge is 0.361 e. The van der Waals surface area contributed by atoms with E-state index in [9.17, 15) is 13.2 Å². The van der Waals surface area contributed by atoms with Crippen LogP contribution in [0.2, 0.25) is 5.02 Å². The lowest BCUT2D eigenvalue weighted by atomic mass is 10.0. The molecule has 1 amide bonds. The van der Waals surface area contributed by atoms with Crippen molar-refractivity contribution in [1.82, 2.24) is 24.0 Å². The van der Waals surface area contributed by atoms with Gasteiger partial charge in [0, 0.05) is 25.1 Å². The zero-order chi connectivity index (χ0) is 27.6. The second-order valence-electron chi connectivity index (χ2n) is 10.4. The van der Waals surface area contributed by atoms with Crippen LogP contribution in [0.25, 0.3) is 22.2 Å². The molecule has 0 unspecified atom stereocenters. The van der Waals surface area contributed by atoms with Gasteiger partial charge in [0.05, 0.1) is 57.7 Å². The van der Waals surface area contributed by atoms with Gasteiger partial charge in [-0.3, -0.25) is 9.78 Å². The molecule has 2 aliphatic rings. The lowest BCUT2D eigenvalue weighted by molar-refractivity contribution is -0.117. The molecule has 39 heavy (non-hydrogen) atoms. The lowest BCUT2D eigenvalue weighted by Gasteiger charge is -2.27. The highest BCUT2D eigenvalue weighted by atomic mass is 35.5. The van der Waals surface area contributed by atoms with E-state index in [0.717, 1.165) is 39.4 Å². The number of hydrogen-bond donors (Lipinski definition) is 0. The van der Waals surface area contributed by atoms with Gasteiger partial charge in [0.2, 0.25) is 15.9 Å². The molecule has 1 aromatic carbocycles. The van der Waals surface area contributed by atoms with Gasteiger partial charge in [-0.15, -0.1) is 0 Å². The van der Waals surface area contributed by atoms with E-state index in [2.05, 4.69) is 14.7 Å². The number of carbonyl (C=O) groups excluding carboxylic acids is 1. The van der Waals surface area contributed by atoms with E-state index in [1.807, 2.05) is 39.0 Å². The Hall–Kier alpha value is -3.28. The van der Waals surface area contributed by atoms with Crippen molar-refractivity contribution in [1.29, 1.82) is 0 Å². The van der Waals surface area contributed by atoms with Gasteiger partial charge in [0.1, 0.15) is 11.6 Å². The summed E-state index contributed by atoms with van der Waals surface area (Å²) >= 11 is 6.39. The summed E-state index contributed by atoms with van der Waals surface area (Å²) < 4.78 is 33.7. The molecule has 0 radical (unpaired) electrons. The van der Waals surface area contributed by atoms with Gasteiger partial charge in [-0.1, -0.05) is 22.8 Å². The summed E-state index contributed by atoms with van der Waals surface area (Å²) in [6.07, 6.45) is 4.50. The molecule has 0 bridgehead atoms. The van der Waals surface area contributed by atoms with Gasteiger partial charge in [-0.25, -0.2) is 17.7 Å². The van der Waals surface area contributed by atoms with Crippen molar-refractivity contribution in [2.75, 3.05) is 24.2 Å². The van der Waals surface area contributed by atoms with Crippen molar-refractivity contribution in [3.63, 3.8) is 0 Å². The highest BCUT2D eigenvalue weighted by Gasteiger charge is 2.40. The molecule has 2 atom stereocenters. The maximum absolute atomic E-state index is 13.2. The first-order valence-corrected chi connectivity index (χ1v) is 15.1. The van der Waals surface area contributed by atoms with E-state index < -0.39 is 10.0 Å². The number of aromatic nitrogens is 4. The van der Waals surface area contributed by atoms with E-state index in [1.54, 1.807) is 17.2 Å². The number of amides is 1. The SMILES string of the molecule is Cc1ncc(N2C(=O)CC[C@H]2c2nc3cc(-c4c(C)noc4C)ccc3n2[C@@H]2CCN(S(C)(=O)=O)C2)cc1Cl. The Balaban J connectivity index is 1.51. The average molecular weight is 569 g/mol. The molecule has 2 fully saturated rings. The minimum Gasteiger partial charge on any atom is -0.361 e. The number of aryl methyl sites for hydroxylation is 3. The highest BCUT2D eigenvalue weighted by Crippen LogP contribution is 2.41. The second kappa shape index (κ2) is 9.42. The standard InChI is InChI=1S/C27H29ClN6O4S/c1-15-21(28)12-20(13-29-15)33-24(7-8-25(33)35)27-30-22-11-18(26-16(2)31-38-17(26)3)5-6-23(22)34(27)19-9-10-32(14-19)39(4,36)37/h5-6,11-13,19,24H,7-10,14H2,1-4H3/t19-,24+/m1/s1. The number of halogens is 1. The number of anilines is 1. The van der Waals surface area contributed by atoms with Crippen molar-refractivity contribution < 1.29 is 17.7 Å². The molecule has 12 heteroatoms. The third kappa shape index (κ3) is 4.42. The maximum Gasteiger partial charge on any atom is 0.227 e. The minimum atomic E-state index is -3.33. The van der Waals surface area contributed by atoms with Crippen LogP contribution in [0, 0.1) is 20.8 Å².